The van der Waals surface area contributed by atoms with E-state index in [9.17, 15) is 9.59 Å². The van der Waals surface area contributed by atoms with Crippen molar-refractivity contribution in [3.63, 3.8) is 0 Å². The Morgan fingerprint density at radius 3 is 2.57 bits per heavy atom. The van der Waals surface area contributed by atoms with Crippen LogP contribution in [0.3, 0.4) is 0 Å². The lowest BCUT2D eigenvalue weighted by atomic mass is 10.1. The average molecular weight is 301 g/mol. The monoisotopic (exact) mass is 301 g/mol. The Morgan fingerprint density at radius 2 is 1.95 bits per heavy atom. The topological polar surface area (TPSA) is 65.1 Å². The standard InChI is InChI=1S/C15H27NO5/c1-15(2,3)21-14(18)16-8-5-12(11-16)6-9-20-10-7-13(17)19-4/h12H,5-11H2,1-4H3. The summed E-state index contributed by atoms with van der Waals surface area (Å²) in [7, 11) is 1.37. The first-order chi connectivity index (χ1) is 9.81. The second kappa shape index (κ2) is 8.22. The van der Waals surface area contributed by atoms with Gasteiger partial charge in [-0.1, -0.05) is 0 Å². The lowest BCUT2D eigenvalue weighted by molar-refractivity contribution is -0.141. The molecule has 0 aromatic rings. The Kier molecular flexibility index (Phi) is 6.95. The number of hydrogen-bond donors (Lipinski definition) is 0. The van der Waals surface area contributed by atoms with Crippen LogP contribution in [0.4, 0.5) is 4.79 Å². The van der Waals surface area contributed by atoms with Crippen LogP contribution >= 0.6 is 0 Å². The van der Waals surface area contributed by atoms with E-state index >= 15 is 0 Å². The zero-order valence-corrected chi connectivity index (χ0v) is 13.5. The Balaban J connectivity index is 2.14. The summed E-state index contributed by atoms with van der Waals surface area (Å²) in [6.45, 7) is 8.05. The van der Waals surface area contributed by atoms with Gasteiger partial charge in [-0.3, -0.25) is 4.79 Å². The molecule has 0 aliphatic carbocycles. The van der Waals surface area contributed by atoms with Gasteiger partial charge in [0.05, 0.1) is 20.1 Å². The van der Waals surface area contributed by atoms with Crippen LogP contribution in [0.15, 0.2) is 0 Å². The van der Waals surface area contributed by atoms with E-state index < -0.39 is 5.60 Å². The average Bonchev–Trinajstić information content (AvgIpc) is 2.85. The number of nitrogens with zero attached hydrogens (tertiary/aromatic N) is 1. The number of ether oxygens (including phenoxy) is 3. The third-order valence-corrected chi connectivity index (χ3v) is 3.29. The third-order valence-electron chi connectivity index (χ3n) is 3.29. The molecular weight excluding hydrogens is 274 g/mol. The second-order valence-corrected chi connectivity index (χ2v) is 6.31. The van der Waals surface area contributed by atoms with E-state index in [1.165, 1.54) is 7.11 Å². The number of hydrogen-bond acceptors (Lipinski definition) is 5. The van der Waals surface area contributed by atoms with Crippen LogP contribution in [-0.4, -0.2) is 56.0 Å². The highest BCUT2D eigenvalue weighted by Crippen LogP contribution is 2.21. The number of methoxy groups -OCH3 is 1. The summed E-state index contributed by atoms with van der Waals surface area (Å²) in [5.74, 6) is 0.183. The molecule has 0 aromatic carbocycles. The van der Waals surface area contributed by atoms with Crippen LogP contribution in [0.1, 0.15) is 40.0 Å². The molecule has 6 heteroatoms. The number of carbonyl (C=O) groups is 2. The normalized spacial score (nSPS) is 18.7. The van der Waals surface area contributed by atoms with Gasteiger partial charge in [0.25, 0.3) is 0 Å². The number of esters is 1. The highest BCUT2D eigenvalue weighted by molar-refractivity contribution is 5.69. The van der Waals surface area contributed by atoms with E-state index in [0.717, 1.165) is 25.9 Å². The third kappa shape index (κ3) is 7.32. The Morgan fingerprint density at radius 1 is 1.24 bits per heavy atom. The van der Waals surface area contributed by atoms with Gasteiger partial charge >= 0.3 is 12.1 Å². The zero-order chi connectivity index (χ0) is 15.9. The van der Waals surface area contributed by atoms with Gasteiger partial charge in [-0.25, -0.2) is 4.79 Å². The quantitative estimate of drug-likeness (QED) is 0.556. The SMILES string of the molecule is COC(=O)CCOCCC1CCN(C(=O)OC(C)(C)C)C1. The van der Waals surface area contributed by atoms with Crippen molar-refractivity contribution in [2.75, 3.05) is 33.4 Å². The molecule has 0 bridgehead atoms. The van der Waals surface area contributed by atoms with Gasteiger partial charge in [0.15, 0.2) is 0 Å². The van der Waals surface area contributed by atoms with Crippen LogP contribution in [-0.2, 0) is 19.0 Å². The van der Waals surface area contributed by atoms with E-state index in [-0.39, 0.29) is 18.5 Å². The maximum absolute atomic E-state index is 11.9. The van der Waals surface area contributed by atoms with E-state index in [4.69, 9.17) is 9.47 Å². The molecule has 1 heterocycles. The van der Waals surface area contributed by atoms with Crippen LogP contribution in [0.2, 0.25) is 0 Å². The lowest BCUT2D eigenvalue weighted by Crippen LogP contribution is -2.35. The molecule has 0 N–H and O–H groups in total. The van der Waals surface area contributed by atoms with E-state index in [1.54, 1.807) is 4.90 Å². The first-order valence-corrected chi connectivity index (χ1v) is 7.44. The molecule has 0 aromatic heterocycles. The summed E-state index contributed by atoms with van der Waals surface area (Å²) >= 11 is 0. The van der Waals surface area contributed by atoms with E-state index in [1.807, 2.05) is 20.8 Å². The number of likely N-dealkylation sites (tertiary alicyclic amines) is 1. The summed E-state index contributed by atoms with van der Waals surface area (Å²) in [6, 6.07) is 0. The number of carbonyl (C=O) groups excluding carboxylic acids is 2. The number of rotatable bonds is 6. The minimum Gasteiger partial charge on any atom is -0.469 e. The van der Waals surface area contributed by atoms with Crippen LogP contribution in [0.25, 0.3) is 0 Å². The van der Waals surface area contributed by atoms with Crippen molar-refractivity contribution in [3.8, 4) is 0 Å². The predicted octanol–water partition coefficient (Wildman–Crippen LogP) is 2.21. The molecule has 122 valence electrons. The summed E-state index contributed by atoms with van der Waals surface area (Å²) in [4.78, 5) is 24.6. The fourth-order valence-electron chi connectivity index (χ4n) is 2.17. The smallest absolute Gasteiger partial charge is 0.410 e. The molecule has 1 rings (SSSR count). The Labute approximate surface area is 126 Å². The Hall–Kier alpha value is -1.30. The van der Waals surface area contributed by atoms with Gasteiger partial charge in [-0.15, -0.1) is 0 Å². The molecule has 6 nitrogen and oxygen atoms in total. The molecular formula is C15H27NO5. The van der Waals surface area contributed by atoms with E-state index in [0.29, 0.717) is 19.1 Å². The minimum atomic E-state index is -0.452. The van der Waals surface area contributed by atoms with Crippen LogP contribution in [0, 0.1) is 5.92 Å². The van der Waals surface area contributed by atoms with Gasteiger partial charge in [0, 0.05) is 19.7 Å². The van der Waals surface area contributed by atoms with Crippen molar-refractivity contribution in [1.29, 1.82) is 0 Å². The molecule has 1 fully saturated rings. The van der Waals surface area contributed by atoms with Crippen molar-refractivity contribution < 1.29 is 23.8 Å². The summed E-state index contributed by atoms with van der Waals surface area (Å²) in [5.41, 5.74) is -0.452. The Bertz CT molecular complexity index is 350. The molecule has 1 amide bonds. The first kappa shape index (κ1) is 17.8. The van der Waals surface area contributed by atoms with Crippen molar-refractivity contribution in [2.24, 2.45) is 5.92 Å². The van der Waals surface area contributed by atoms with E-state index in [2.05, 4.69) is 4.74 Å². The van der Waals surface area contributed by atoms with Crippen molar-refractivity contribution >= 4 is 12.1 Å². The van der Waals surface area contributed by atoms with Gasteiger partial charge in [-0.2, -0.15) is 0 Å². The lowest BCUT2D eigenvalue weighted by Gasteiger charge is -2.24. The summed E-state index contributed by atoms with van der Waals surface area (Å²) in [5, 5.41) is 0. The van der Waals surface area contributed by atoms with Gasteiger partial charge in [-0.05, 0) is 39.5 Å². The summed E-state index contributed by atoms with van der Waals surface area (Å²) in [6.07, 6.45) is 1.90. The minimum absolute atomic E-state index is 0.239. The highest BCUT2D eigenvalue weighted by atomic mass is 16.6. The second-order valence-electron chi connectivity index (χ2n) is 6.31. The maximum Gasteiger partial charge on any atom is 0.410 e. The van der Waals surface area contributed by atoms with Gasteiger partial charge in [0.1, 0.15) is 5.60 Å². The van der Waals surface area contributed by atoms with Gasteiger partial charge < -0.3 is 19.1 Å². The summed E-state index contributed by atoms with van der Waals surface area (Å²) < 4.78 is 15.3. The van der Waals surface area contributed by atoms with Gasteiger partial charge in [0.2, 0.25) is 0 Å². The molecule has 0 spiro atoms. The largest absolute Gasteiger partial charge is 0.469 e. The number of amides is 1. The molecule has 1 atom stereocenters. The molecule has 0 saturated carbocycles. The predicted molar refractivity (Wildman–Crippen MR) is 78.0 cm³/mol. The fraction of sp³-hybridized carbons (Fsp3) is 0.867. The molecule has 0 radical (unpaired) electrons. The molecule has 21 heavy (non-hydrogen) atoms. The van der Waals surface area contributed by atoms with Crippen molar-refractivity contribution in [3.05, 3.63) is 0 Å². The van der Waals surface area contributed by atoms with Crippen molar-refractivity contribution in [2.45, 2.75) is 45.6 Å². The fourth-order valence-corrected chi connectivity index (χ4v) is 2.17. The maximum atomic E-state index is 11.9. The molecule has 1 unspecified atom stereocenters. The first-order valence-electron chi connectivity index (χ1n) is 7.44. The van der Waals surface area contributed by atoms with Crippen molar-refractivity contribution in [1.82, 2.24) is 4.90 Å². The van der Waals surface area contributed by atoms with Crippen LogP contribution in [0.5, 0.6) is 0 Å². The zero-order valence-electron chi connectivity index (χ0n) is 13.5. The molecule has 1 saturated heterocycles. The highest BCUT2D eigenvalue weighted by Gasteiger charge is 2.29. The van der Waals surface area contributed by atoms with Crippen LogP contribution < -0.4 is 0 Å². The molecule has 1 aliphatic rings. The molecule has 1 aliphatic heterocycles.